The van der Waals surface area contributed by atoms with Crippen LogP contribution in [0.25, 0.3) is 0 Å². The second-order valence-electron chi connectivity index (χ2n) is 2.62. The van der Waals surface area contributed by atoms with E-state index < -0.39 is 0 Å². The molecule has 0 aromatic heterocycles. The van der Waals surface area contributed by atoms with Crippen molar-refractivity contribution in [2.45, 2.75) is 6.92 Å². The van der Waals surface area contributed by atoms with Gasteiger partial charge in [-0.25, -0.2) is 0 Å². The molecule has 0 saturated carbocycles. The van der Waals surface area contributed by atoms with Crippen molar-refractivity contribution in [3.05, 3.63) is 29.8 Å². The number of benzene rings is 1. The molecule has 1 atom stereocenters. The van der Waals surface area contributed by atoms with E-state index in [2.05, 4.69) is 34.2 Å². The molecule has 0 fully saturated rings. The molecule has 0 N–H and O–H groups in total. The van der Waals surface area contributed by atoms with Gasteiger partial charge in [-0.15, -0.1) is 0 Å². The molecular formula is C9H13IN2P-. The Morgan fingerprint density at radius 3 is 2.62 bits per heavy atom. The summed E-state index contributed by atoms with van der Waals surface area (Å²) in [5, 5.41) is 4.16. The van der Waals surface area contributed by atoms with Crippen LogP contribution >= 0.6 is 8.58 Å². The average molecular weight is 307 g/mol. The molecule has 0 amide bonds. The number of nitrogens with zero attached hydrogens (tertiary/aromatic N) is 2. The first-order valence-corrected chi connectivity index (χ1v) is 8.23. The normalized spacial score (nSPS) is 12.2. The third-order valence-corrected chi connectivity index (χ3v) is 5.65. The summed E-state index contributed by atoms with van der Waals surface area (Å²) in [6.45, 7) is 4.28. The van der Waals surface area contributed by atoms with Gasteiger partial charge in [0.15, 0.2) is 0 Å². The molecule has 0 aliphatic rings. The van der Waals surface area contributed by atoms with E-state index in [-0.39, 0.29) is 21.5 Å². The fourth-order valence-electron chi connectivity index (χ4n) is 0.768. The molecule has 13 heavy (non-hydrogen) atoms. The van der Waals surface area contributed by atoms with E-state index in [1.54, 1.807) is 0 Å². The average Bonchev–Trinajstić information content (AvgIpc) is 2.15. The quantitative estimate of drug-likeness (QED) is 0.252. The SMILES string of the molecule is CPC[I-]N=Nc1ccc(C)cc1. The van der Waals surface area contributed by atoms with Crippen LogP contribution in [0.4, 0.5) is 5.69 Å². The molecule has 0 aliphatic carbocycles. The Kier molecular flexibility index (Phi) is 5.47. The molecule has 1 rings (SSSR count). The molecule has 1 aromatic carbocycles. The standard InChI is InChI=1S/C9H13IN2P/c1-8-3-5-9(6-4-8)11-12-10-7-13-2/h3-6,13H,7H2,1-2H3/q-1. The van der Waals surface area contributed by atoms with Gasteiger partial charge in [0.05, 0.1) is 0 Å². The molecule has 1 unspecified atom stereocenters. The predicted molar refractivity (Wildman–Crippen MR) is 54.8 cm³/mol. The third-order valence-electron chi connectivity index (χ3n) is 1.43. The van der Waals surface area contributed by atoms with Crippen LogP contribution in [0.2, 0.25) is 0 Å². The van der Waals surface area contributed by atoms with Gasteiger partial charge in [-0.3, -0.25) is 0 Å². The number of hydrogen-bond acceptors (Lipinski definition) is 2. The first-order valence-electron chi connectivity index (χ1n) is 4.03. The molecular weight excluding hydrogens is 294 g/mol. The van der Waals surface area contributed by atoms with Crippen molar-refractivity contribution in [3.8, 4) is 0 Å². The van der Waals surface area contributed by atoms with Crippen LogP contribution in [0.1, 0.15) is 5.56 Å². The van der Waals surface area contributed by atoms with E-state index in [0.29, 0.717) is 0 Å². The Hall–Kier alpha value is -0.0200. The summed E-state index contributed by atoms with van der Waals surface area (Å²) in [6.07, 6.45) is 0. The number of aryl methyl sites for hydroxylation is 1. The minimum atomic E-state index is -0.0383. The van der Waals surface area contributed by atoms with E-state index in [0.717, 1.165) is 14.3 Å². The molecule has 0 radical (unpaired) electrons. The van der Waals surface area contributed by atoms with Crippen LogP contribution in [-0.4, -0.2) is 10.8 Å². The van der Waals surface area contributed by atoms with Crippen LogP contribution in [0.5, 0.6) is 0 Å². The van der Waals surface area contributed by atoms with Crippen LogP contribution in [-0.2, 0) is 0 Å². The van der Waals surface area contributed by atoms with Gasteiger partial charge < -0.3 is 0 Å². The minimum absolute atomic E-state index is 0.0383. The first-order chi connectivity index (χ1) is 6.33. The van der Waals surface area contributed by atoms with E-state index in [4.69, 9.17) is 0 Å². The Morgan fingerprint density at radius 2 is 2.00 bits per heavy atom. The molecule has 1 aromatic rings. The number of hydrogen-bond donors (Lipinski definition) is 0. The van der Waals surface area contributed by atoms with Crippen LogP contribution < -0.4 is 21.5 Å². The molecule has 4 heteroatoms. The van der Waals surface area contributed by atoms with Gasteiger partial charge in [0.2, 0.25) is 0 Å². The summed E-state index contributed by atoms with van der Waals surface area (Å²) in [5.41, 5.74) is 2.24. The van der Waals surface area contributed by atoms with Crippen molar-refractivity contribution in [1.82, 2.24) is 0 Å². The van der Waals surface area contributed by atoms with Gasteiger partial charge in [0, 0.05) is 0 Å². The van der Waals surface area contributed by atoms with Crippen molar-refractivity contribution >= 4 is 14.3 Å². The van der Waals surface area contributed by atoms with Gasteiger partial charge >= 0.3 is 91.8 Å². The van der Waals surface area contributed by atoms with E-state index in [1.165, 1.54) is 9.73 Å². The maximum atomic E-state index is 4.20. The van der Waals surface area contributed by atoms with Crippen molar-refractivity contribution in [1.29, 1.82) is 0 Å². The second kappa shape index (κ2) is 6.44. The summed E-state index contributed by atoms with van der Waals surface area (Å²) < 4.78 is 5.46. The van der Waals surface area contributed by atoms with E-state index >= 15 is 0 Å². The fourth-order valence-corrected chi connectivity index (χ4v) is 2.82. The molecule has 0 spiro atoms. The van der Waals surface area contributed by atoms with Crippen molar-refractivity contribution in [2.24, 2.45) is 8.44 Å². The number of halogens is 1. The molecule has 0 heterocycles. The summed E-state index contributed by atoms with van der Waals surface area (Å²) in [7, 11) is 1.02. The molecule has 0 bridgehead atoms. The van der Waals surface area contributed by atoms with Gasteiger partial charge in [-0.2, -0.15) is 0 Å². The maximum absolute atomic E-state index is 4.20. The van der Waals surface area contributed by atoms with Gasteiger partial charge in [0.25, 0.3) is 0 Å². The molecule has 0 saturated heterocycles. The summed E-state index contributed by atoms with van der Waals surface area (Å²) >= 11 is -0.0383. The Bertz CT molecular complexity index is 271. The van der Waals surface area contributed by atoms with E-state index in [1.807, 2.05) is 12.1 Å². The summed E-state index contributed by atoms with van der Waals surface area (Å²) in [4.78, 5) is 0. The Labute approximate surface area is 91.6 Å². The summed E-state index contributed by atoms with van der Waals surface area (Å²) in [5.74, 6) is 0. The predicted octanol–water partition coefficient (Wildman–Crippen LogP) is 0.349. The van der Waals surface area contributed by atoms with Gasteiger partial charge in [0.1, 0.15) is 0 Å². The first kappa shape index (κ1) is 11.1. The Morgan fingerprint density at radius 1 is 1.31 bits per heavy atom. The number of alkyl halides is 1. The zero-order valence-corrected chi connectivity index (χ0v) is 10.9. The van der Waals surface area contributed by atoms with Crippen molar-refractivity contribution < 1.29 is 21.5 Å². The third kappa shape index (κ3) is 4.67. The monoisotopic (exact) mass is 307 g/mol. The molecule has 0 aliphatic heterocycles. The van der Waals surface area contributed by atoms with Gasteiger partial charge in [-0.05, 0) is 0 Å². The zero-order valence-electron chi connectivity index (χ0n) is 7.79. The van der Waals surface area contributed by atoms with E-state index in [9.17, 15) is 0 Å². The second-order valence-corrected chi connectivity index (χ2v) is 6.99. The number of rotatable bonds is 4. The van der Waals surface area contributed by atoms with Crippen LogP contribution in [0.3, 0.4) is 0 Å². The van der Waals surface area contributed by atoms with Crippen molar-refractivity contribution in [2.75, 3.05) is 10.8 Å². The molecule has 72 valence electrons. The zero-order chi connectivity index (χ0) is 9.52. The summed E-state index contributed by atoms with van der Waals surface area (Å²) in [6, 6.07) is 8.15. The molecule has 2 nitrogen and oxygen atoms in total. The van der Waals surface area contributed by atoms with Crippen molar-refractivity contribution in [3.63, 3.8) is 0 Å². The topological polar surface area (TPSA) is 24.7 Å². The van der Waals surface area contributed by atoms with Crippen LogP contribution in [0, 0.1) is 6.92 Å². The Balaban J connectivity index is 2.44. The van der Waals surface area contributed by atoms with Crippen LogP contribution in [0.15, 0.2) is 32.7 Å². The fraction of sp³-hybridized carbons (Fsp3) is 0.333. The van der Waals surface area contributed by atoms with Gasteiger partial charge in [-0.1, -0.05) is 0 Å².